The molecule has 0 spiro atoms. The van der Waals surface area contributed by atoms with Crippen LogP contribution in [0.5, 0.6) is 0 Å². The van der Waals surface area contributed by atoms with Gasteiger partial charge in [-0.1, -0.05) is 13.0 Å². The Labute approximate surface area is 56.3 Å². The van der Waals surface area contributed by atoms with Gasteiger partial charge in [-0.2, -0.15) is 0 Å². The summed E-state index contributed by atoms with van der Waals surface area (Å²) >= 11 is 0. The van der Waals surface area contributed by atoms with E-state index in [0.29, 0.717) is 0 Å². The van der Waals surface area contributed by atoms with Crippen molar-refractivity contribution in [3.63, 3.8) is 0 Å². The van der Waals surface area contributed by atoms with Crippen LogP contribution in [0.2, 0.25) is 0 Å². The van der Waals surface area contributed by atoms with Gasteiger partial charge in [0.2, 0.25) is 0 Å². The second-order valence-electron chi connectivity index (χ2n) is 2.59. The van der Waals surface area contributed by atoms with Crippen molar-refractivity contribution in [1.29, 1.82) is 5.41 Å². The van der Waals surface area contributed by atoms with E-state index in [1.807, 2.05) is 6.08 Å². The van der Waals surface area contributed by atoms with E-state index in [1.54, 1.807) is 0 Å². The Bertz CT molecular complexity index is 136. The molecule has 9 heavy (non-hydrogen) atoms. The Morgan fingerprint density at radius 1 is 1.78 bits per heavy atom. The molecule has 0 aromatic heterocycles. The molecule has 1 atom stereocenters. The summed E-state index contributed by atoms with van der Waals surface area (Å²) in [4.78, 5) is 0. The van der Waals surface area contributed by atoms with Crippen LogP contribution in [0.3, 0.4) is 0 Å². The fourth-order valence-corrected chi connectivity index (χ4v) is 1.11. The van der Waals surface area contributed by atoms with E-state index < -0.39 is 0 Å². The van der Waals surface area contributed by atoms with Gasteiger partial charge < -0.3 is 5.41 Å². The second kappa shape index (κ2) is 2.81. The van der Waals surface area contributed by atoms with Gasteiger partial charge in [-0.05, 0) is 31.3 Å². The molecular formula is C8H13N. The van der Waals surface area contributed by atoms with Gasteiger partial charge in [0.15, 0.2) is 0 Å². The third-order valence-electron chi connectivity index (χ3n) is 1.88. The van der Waals surface area contributed by atoms with Crippen LogP contribution in [0, 0.1) is 11.3 Å². The molecule has 1 aliphatic carbocycles. The predicted octanol–water partition coefficient (Wildman–Crippen LogP) is 2.38. The second-order valence-corrected chi connectivity index (χ2v) is 2.59. The van der Waals surface area contributed by atoms with Crippen molar-refractivity contribution in [2.24, 2.45) is 5.92 Å². The van der Waals surface area contributed by atoms with Gasteiger partial charge in [0.1, 0.15) is 0 Å². The summed E-state index contributed by atoms with van der Waals surface area (Å²) in [5, 5.41) is 7.27. The Morgan fingerprint density at radius 2 is 2.56 bits per heavy atom. The maximum absolute atomic E-state index is 7.27. The lowest BCUT2D eigenvalue weighted by molar-refractivity contribution is 0.579. The highest BCUT2D eigenvalue weighted by atomic mass is 14.4. The minimum atomic E-state index is 0.749. The SMILES string of the molecule is CCC1C=CC(=N)CC1. The van der Waals surface area contributed by atoms with Crippen molar-refractivity contribution < 1.29 is 0 Å². The molecule has 0 aromatic rings. The van der Waals surface area contributed by atoms with Crippen molar-refractivity contribution in [3.8, 4) is 0 Å². The molecule has 50 valence electrons. The average molecular weight is 123 g/mol. The molecule has 1 rings (SSSR count). The predicted molar refractivity (Wildman–Crippen MR) is 39.9 cm³/mol. The fraction of sp³-hybridized carbons (Fsp3) is 0.625. The number of hydrogen-bond acceptors (Lipinski definition) is 1. The third kappa shape index (κ3) is 1.67. The van der Waals surface area contributed by atoms with Crippen molar-refractivity contribution in [2.75, 3.05) is 0 Å². The van der Waals surface area contributed by atoms with Gasteiger partial charge in [-0.3, -0.25) is 0 Å². The first-order valence-electron chi connectivity index (χ1n) is 3.58. The molecule has 0 bridgehead atoms. The molecule has 0 fully saturated rings. The highest BCUT2D eigenvalue weighted by molar-refractivity contribution is 5.92. The van der Waals surface area contributed by atoms with Crippen molar-refractivity contribution in [3.05, 3.63) is 12.2 Å². The van der Waals surface area contributed by atoms with Crippen molar-refractivity contribution in [2.45, 2.75) is 26.2 Å². The van der Waals surface area contributed by atoms with Crippen LogP contribution >= 0.6 is 0 Å². The minimum Gasteiger partial charge on any atom is -0.305 e. The average Bonchev–Trinajstić information content (AvgIpc) is 1.90. The zero-order valence-corrected chi connectivity index (χ0v) is 5.85. The van der Waals surface area contributed by atoms with Crippen molar-refractivity contribution >= 4 is 5.71 Å². The largest absolute Gasteiger partial charge is 0.305 e. The fourth-order valence-electron chi connectivity index (χ4n) is 1.11. The summed E-state index contributed by atoms with van der Waals surface area (Å²) in [6, 6.07) is 0. The van der Waals surface area contributed by atoms with E-state index in [4.69, 9.17) is 5.41 Å². The Balaban J connectivity index is 2.48. The number of nitrogens with one attached hydrogen (secondary N) is 1. The zero-order chi connectivity index (χ0) is 6.69. The van der Waals surface area contributed by atoms with Crippen LogP contribution < -0.4 is 0 Å². The van der Waals surface area contributed by atoms with Crippen LogP contribution in [-0.4, -0.2) is 5.71 Å². The molecule has 1 nitrogen and oxygen atoms in total. The quantitative estimate of drug-likeness (QED) is 0.553. The maximum atomic E-state index is 7.27. The van der Waals surface area contributed by atoms with Crippen LogP contribution in [-0.2, 0) is 0 Å². The van der Waals surface area contributed by atoms with Gasteiger partial charge in [0, 0.05) is 5.71 Å². The molecular weight excluding hydrogens is 110 g/mol. The number of hydrogen-bond donors (Lipinski definition) is 1. The highest BCUT2D eigenvalue weighted by Gasteiger charge is 2.07. The summed E-state index contributed by atoms with van der Waals surface area (Å²) in [5.41, 5.74) is 0.791. The normalized spacial score (nSPS) is 26.8. The lowest BCUT2D eigenvalue weighted by Crippen LogP contribution is -2.05. The summed E-state index contributed by atoms with van der Waals surface area (Å²) in [6.07, 6.45) is 7.49. The summed E-state index contributed by atoms with van der Waals surface area (Å²) in [5.74, 6) is 0.749. The smallest absolute Gasteiger partial charge is 0.0311 e. The van der Waals surface area contributed by atoms with E-state index in [1.165, 1.54) is 12.8 Å². The van der Waals surface area contributed by atoms with E-state index in [0.717, 1.165) is 18.1 Å². The van der Waals surface area contributed by atoms with Crippen LogP contribution in [0.15, 0.2) is 12.2 Å². The van der Waals surface area contributed by atoms with E-state index in [9.17, 15) is 0 Å². The Kier molecular flexibility index (Phi) is 2.04. The molecule has 0 saturated heterocycles. The summed E-state index contributed by atoms with van der Waals surface area (Å²) in [6.45, 7) is 2.20. The minimum absolute atomic E-state index is 0.749. The molecule has 1 unspecified atom stereocenters. The molecule has 1 N–H and O–H groups in total. The summed E-state index contributed by atoms with van der Waals surface area (Å²) < 4.78 is 0. The topological polar surface area (TPSA) is 23.9 Å². The molecule has 0 heterocycles. The summed E-state index contributed by atoms with van der Waals surface area (Å²) in [7, 11) is 0. The molecule has 1 heteroatoms. The Morgan fingerprint density at radius 3 is 3.00 bits per heavy atom. The molecule has 1 aliphatic rings. The Hall–Kier alpha value is -0.590. The van der Waals surface area contributed by atoms with Gasteiger partial charge in [0.25, 0.3) is 0 Å². The van der Waals surface area contributed by atoms with Gasteiger partial charge in [-0.25, -0.2) is 0 Å². The van der Waals surface area contributed by atoms with Crippen LogP contribution in [0.1, 0.15) is 26.2 Å². The standard InChI is InChI=1S/C8H13N/c1-2-7-3-5-8(9)6-4-7/h3,5,7,9H,2,4,6H2,1H3. The zero-order valence-electron chi connectivity index (χ0n) is 5.85. The van der Waals surface area contributed by atoms with Gasteiger partial charge in [0.05, 0.1) is 0 Å². The first kappa shape index (κ1) is 6.53. The molecule has 0 saturated carbocycles. The monoisotopic (exact) mass is 123 g/mol. The molecule has 0 amide bonds. The highest BCUT2D eigenvalue weighted by Crippen LogP contribution is 2.17. The van der Waals surface area contributed by atoms with Gasteiger partial charge >= 0.3 is 0 Å². The molecule has 0 aromatic carbocycles. The maximum Gasteiger partial charge on any atom is 0.0311 e. The number of allylic oxidation sites excluding steroid dienone is 2. The molecule has 0 radical (unpaired) electrons. The van der Waals surface area contributed by atoms with E-state index >= 15 is 0 Å². The lowest BCUT2D eigenvalue weighted by atomic mass is 9.93. The van der Waals surface area contributed by atoms with Gasteiger partial charge in [-0.15, -0.1) is 0 Å². The van der Waals surface area contributed by atoms with E-state index in [-0.39, 0.29) is 0 Å². The van der Waals surface area contributed by atoms with Crippen LogP contribution in [0.25, 0.3) is 0 Å². The third-order valence-corrected chi connectivity index (χ3v) is 1.88. The number of rotatable bonds is 1. The lowest BCUT2D eigenvalue weighted by Gasteiger charge is -2.13. The molecule has 0 aliphatic heterocycles. The van der Waals surface area contributed by atoms with E-state index in [2.05, 4.69) is 13.0 Å². The first-order chi connectivity index (χ1) is 4.33. The van der Waals surface area contributed by atoms with Crippen LogP contribution in [0.4, 0.5) is 0 Å². The first-order valence-corrected chi connectivity index (χ1v) is 3.58. The van der Waals surface area contributed by atoms with Crippen molar-refractivity contribution in [1.82, 2.24) is 0 Å².